The van der Waals surface area contributed by atoms with Gasteiger partial charge in [0, 0.05) is 16.5 Å². The van der Waals surface area contributed by atoms with Gasteiger partial charge >= 0.3 is 12.6 Å². The van der Waals surface area contributed by atoms with Crippen LogP contribution in [-0.2, 0) is 21.3 Å². The summed E-state index contributed by atoms with van der Waals surface area (Å²) in [4.78, 5) is 11.1. The third kappa shape index (κ3) is 3.90. The lowest BCUT2D eigenvalue weighted by molar-refractivity contribution is -0.139. The minimum absolute atomic E-state index is 0.0468. The van der Waals surface area contributed by atoms with Gasteiger partial charge in [-0.15, -0.1) is 0 Å². The molecule has 18 heavy (non-hydrogen) atoms. The molecule has 1 aromatic carbocycles. The van der Waals surface area contributed by atoms with Crippen molar-refractivity contribution in [1.29, 1.82) is 0 Å². The van der Waals surface area contributed by atoms with Crippen molar-refractivity contribution < 1.29 is 27.4 Å². The van der Waals surface area contributed by atoms with Crippen LogP contribution in [0.5, 0.6) is 5.75 Å². The normalized spacial score (nSPS) is 10.6. The highest BCUT2D eigenvalue weighted by atomic mass is 79.9. The van der Waals surface area contributed by atoms with Crippen molar-refractivity contribution in [2.45, 2.75) is 18.4 Å². The van der Waals surface area contributed by atoms with Crippen molar-refractivity contribution in [3.05, 3.63) is 29.1 Å². The zero-order chi connectivity index (χ0) is 13.7. The highest BCUT2D eigenvalue weighted by Gasteiger charge is 2.16. The number of hydrogen-bond acceptors (Lipinski definition) is 3. The van der Waals surface area contributed by atoms with E-state index < -0.39 is 18.4 Å². The van der Waals surface area contributed by atoms with Gasteiger partial charge in [-0.3, -0.25) is 4.79 Å². The third-order valence-corrected chi connectivity index (χ3v) is 2.73. The van der Waals surface area contributed by atoms with E-state index in [0.717, 1.165) is 19.2 Å². The first-order valence-electron chi connectivity index (χ1n) is 4.86. The van der Waals surface area contributed by atoms with E-state index in [2.05, 4.69) is 25.4 Å². The third-order valence-electron chi connectivity index (χ3n) is 2.13. The van der Waals surface area contributed by atoms with Crippen LogP contribution in [0.2, 0.25) is 0 Å². The molecule has 0 heterocycles. The van der Waals surface area contributed by atoms with Crippen LogP contribution in [0.25, 0.3) is 0 Å². The summed E-state index contributed by atoms with van der Waals surface area (Å²) in [5.74, 6) is -1.50. The van der Waals surface area contributed by atoms with E-state index >= 15 is 0 Å². The van der Waals surface area contributed by atoms with Crippen molar-refractivity contribution in [1.82, 2.24) is 0 Å². The topological polar surface area (TPSA) is 35.5 Å². The highest BCUT2D eigenvalue weighted by molar-refractivity contribution is 9.08. The Kier molecular flexibility index (Phi) is 5.46. The van der Waals surface area contributed by atoms with E-state index in [-0.39, 0.29) is 28.6 Å². The number of alkyl halides is 3. The van der Waals surface area contributed by atoms with Crippen LogP contribution < -0.4 is 4.74 Å². The zero-order valence-electron chi connectivity index (χ0n) is 9.38. The Balaban J connectivity index is 3.10. The van der Waals surface area contributed by atoms with Crippen LogP contribution in [0.3, 0.4) is 0 Å². The lowest BCUT2D eigenvalue weighted by Gasteiger charge is -2.10. The molecule has 0 aliphatic heterocycles. The molecular weight excluding hydrogens is 317 g/mol. The maximum Gasteiger partial charge on any atom is 0.387 e. The minimum Gasteiger partial charge on any atom is -0.469 e. The maximum atomic E-state index is 13.8. The molecular formula is C11H10BrF3O3. The van der Waals surface area contributed by atoms with E-state index in [0.29, 0.717) is 0 Å². The molecule has 1 aromatic rings. The van der Waals surface area contributed by atoms with Crippen LogP contribution in [-0.4, -0.2) is 19.7 Å². The van der Waals surface area contributed by atoms with Crippen LogP contribution in [0, 0.1) is 5.82 Å². The first kappa shape index (κ1) is 14.8. The molecule has 0 aliphatic carbocycles. The number of benzene rings is 1. The van der Waals surface area contributed by atoms with Gasteiger partial charge in [-0.25, -0.2) is 4.39 Å². The molecule has 0 fully saturated rings. The summed E-state index contributed by atoms with van der Waals surface area (Å²) in [5, 5.41) is 0.118. The van der Waals surface area contributed by atoms with E-state index in [9.17, 15) is 18.0 Å². The fourth-order valence-electron chi connectivity index (χ4n) is 1.34. The van der Waals surface area contributed by atoms with Crippen molar-refractivity contribution in [2.24, 2.45) is 0 Å². The zero-order valence-corrected chi connectivity index (χ0v) is 11.0. The van der Waals surface area contributed by atoms with Crippen molar-refractivity contribution in [2.75, 3.05) is 7.11 Å². The van der Waals surface area contributed by atoms with Gasteiger partial charge in [0.25, 0.3) is 0 Å². The largest absolute Gasteiger partial charge is 0.469 e. The number of hydrogen-bond donors (Lipinski definition) is 0. The van der Waals surface area contributed by atoms with Gasteiger partial charge in [0.15, 0.2) is 0 Å². The van der Waals surface area contributed by atoms with Gasteiger partial charge in [-0.1, -0.05) is 15.9 Å². The van der Waals surface area contributed by atoms with Crippen LogP contribution in [0.4, 0.5) is 13.2 Å². The van der Waals surface area contributed by atoms with Gasteiger partial charge in [0.2, 0.25) is 0 Å². The van der Waals surface area contributed by atoms with E-state index in [1.54, 1.807) is 0 Å². The molecule has 0 aromatic heterocycles. The molecule has 3 nitrogen and oxygen atoms in total. The van der Waals surface area contributed by atoms with Crippen molar-refractivity contribution in [3.8, 4) is 5.75 Å². The summed E-state index contributed by atoms with van der Waals surface area (Å²) < 4.78 is 46.6. The Bertz CT molecular complexity index is 438. The number of halogens is 4. The monoisotopic (exact) mass is 326 g/mol. The number of carbonyl (C=O) groups is 1. The molecule has 0 aliphatic rings. The van der Waals surface area contributed by atoms with Crippen LogP contribution >= 0.6 is 15.9 Å². The van der Waals surface area contributed by atoms with Crippen LogP contribution in [0.1, 0.15) is 11.1 Å². The Hall–Kier alpha value is -1.24. The second kappa shape index (κ2) is 6.63. The summed E-state index contributed by atoms with van der Waals surface area (Å²) in [6, 6.07) is 2.21. The Labute approximate surface area is 110 Å². The Morgan fingerprint density at radius 1 is 1.39 bits per heavy atom. The van der Waals surface area contributed by atoms with E-state index in [1.165, 1.54) is 0 Å². The van der Waals surface area contributed by atoms with Crippen molar-refractivity contribution >= 4 is 21.9 Å². The Morgan fingerprint density at radius 3 is 2.50 bits per heavy atom. The first-order chi connectivity index (χ1) is 8.47. The predicted molar refractivity (Wildman–Crippen MR) is 61.4 cm³/mol. The Morgan fingerprint density at radius 2 is 2.00 bits per heavy atom. The maximum absolute atomic E-state index is 13.8. The molecule has 0 bridgehead atoms. The average molecular weight is 327 g/mol. The molecule has 7 heteroatoms. The standard InChI is InChI=1S/C11H10BrF3O3/c1-17-9(16)4-6-2-8(18-11(14)15)3-7(5-12)10(6)13/h2-3,11H,4-5H2,1H3. The quantitative estimate of drug-likeness (QED) is 0.616. The van der Waals surface area contributed by atoms with E-state index in [1.807, 2.05) is 0 Å². The lowest BCUT2D eigenvalue weighted by Crippen LogP contribution is -2.09. The minimum atomic E-state index is -3.01. The predicted octanol–water partition coefficient (Wildman–Crippen LogP) is 3.04. The summed E-state index contributed by atoms with van der Waals surface area (Å²) in [5.41, 5.74) is 0.0847. The van der Waals surface area contributed by atoms with E-state index in [4.69, 9.17) is 0 Å². The molecule has 0 unspecified atom stereocenters. The number of esters is 1. The summed E-state index contributed by atoms with van der Waals surface area (Å²) in [7, 11) is 1.16. The van der Waals surface area contributed by atoms with Gasteiger partial charge in [-0.2, -0.15) is 8.78 Å². The van der Waals surface area contributed by atoms with Crippen LogP contribution in [0.15, 0.2) is 12.1 Å². The second-order valence-electron chi connectivity index (χ2n) is 3.32. The van der Waals surface area contributed by atoms with Gasteiger partial charge in [0.05, 0.1) is 13.5 Å². The lowest BCUT2D eigenvalue weighted by atomic mass is 10.1. The number of methoxy groups -OCH3 is 1. The number of carbonyl (C=O) groups excluding carboxylic acids is 1. The van der Waals surface area contributed by atoms with Gasteiger partial charge in [0.1, 0.15) is 11.6 Å². The van der Waals surface area contributed by atoms with Gasteiger partial charge < -0.3 is 9.47 Å². The van der Waals surface area contributed by atoms with Crippen molar-refractivity contribution in [3.63, 3.8) is 0 Å². The molecule has 1 rings (SSSR count). The fraction of sp³-hybridized carbons (Fsp3) is 0.364. The molecule has 0 radical (unpaired) electrons. The van der Waals surface area contributed by atoms with Gasteiger partial charge in [-0.05, 0) is 12.1 Å². The first-order valence-corrected chi connectivity index (χ1v) is 5.99. The summed E-state index contributed by atoms with van der Waals surface area (Å²) in [6.07, 6.45) is -0.344. The summed E-state index contributed by atoms with van der Waals surface area (Å²) >= 11 is 3.03. The SMILES string of the molecule is COC(=O)Cc1cc(OC(F)F)cc(CBr)c1F. The molecule has 0 N–H and O–H groups in total. The fourth-order valence-corrected chi connectivity index (χ4v) is 1.75. The molecule has 100 valence electrons. The highest BCUT2D eigenvalue weighted by Crippen LogP contribution is 2.25. The number of ether oxygens (including phenoxy) is 2. The number of rotatable bonds is 5. The second-order valence-corrected chi connectivity index (χ2v) is 3.88. The molecule has 0 amide bonds. The molecule has 0 saturated heterocycles. The summed E-state index contributed by atoms with van der Waals surface area (Å²) in [6.45, 7) is -3.01. The average Bonchev–Trinajstić information content (AvgIpc) is 2.32. The molecule has 0 spiro atoms. The smallest absolute Gasteiger partial charge is 0.387 e. The molecule has 0 atom stereocenters. The molecule has 0 saturated carbocycles.